The Morgan fingerprint density at radius 3 is 2.48 bits per heavy atom. The van der Waals surface area contributed by atoms with Gasteiger partial charge in [0.2, 0.25) is 0 Å². The number of aryl methyl sites for hydroxylation is 2. The summed E-state index contributed by atoms with van der Waals surface area (Å²) in [5, 5.41) is 0. The molecule has 0 spiro atoms. The van der Waals surface area contributed by atoms with Crippen molar-refractivity contribution in [2.24, 2.45) is 7.05 Å². The summed E-state index contributed by atoms with van der Waals surface area (Å²) in [6, 6.07) is 7.98. The molecule has 0 unspecified atom stereocenters. The summed E-state index contributed by atoms with van der Waals surface area (Å²) < 4.78 is 27.7. The molecular formula is C13H13N3O3S2. The number of hydrogen-bond acceptors (Lipinski definition) is 5. The summed E-state index contributed by atoms with van der Waals surface area (Å²) >= 11 is 1.13. The Labute approximate surface area is 125 Å². The molecule has 3 aromatic rings. The second-order valence-corrected chi connectivity index (χ2v) is 8.03. The van der Waals surface area contributed by atoms with Crippen LogP contribution in [0.1, 0.15) is 4.88 Å². The average molecular weight is 323 g/mol. The Morgan fingerprint density at radius 1 is 1.14 bits per heavy atom. The van der Waals surface area contributed by atoms with E-state index < -0.39 is 15.7 Å². The predicted octanol–water partition coefficient (Wildman–Crippen LogP) is 1.53. The molecule has 21 heavy (non-hydrogen) atoms. The first-order valence-electron chi connectivity index (χ1n) is 6.11. The van der Waals surface area contributed by atoms with Crippen molar-refractivity contribution in [3.8, 4) is 0 Å². The number of fused-ring (bicyclic) bond motifs is 1. The first-order chi connectivity index (χ1) is 9.82. The van der Waals surface area contributed by atoms with Gasteiger partial charge in [-0.15, -0.1) is 11.3 Å². The second kappa shape index (κ2) is 4.47. The molecule has 2 heterocycles. The lowest BCUT2D eigenvalue weighted by Gasteiger charge is -2.03. The maximum atomic E-state index is 12.7. The molecule has 0 saturated carbocycles. The van der Waals surface area contributed by atoms with E-state index in [1.165, 1.54) is 23.7 Å². The normalized spacial score (nSPS) is 12.1. The Bertz CT molecular complexity index is 1010. The van der Waals surface area contributed by atoms with Gasteiger partial charge in [0.15, 0.2) is 0 Å². The number of hydrogen-bond donors (Lipinski definition) is 1. The zero-order chi connectivity index (χ0) is 15.4. The topological polar surface area (TPSA) is 87.1 Å². The van der Waals surface area contributed by atoms with Gasteiger partial charge in [-0.05, 0) is 37.3 Å². The summed E-state index contributed by atoms with van der Waals surface area (Å²) in [7, 11) is -2.39. The molecule has 0 fully saturated rings. The number of nitrogen functional groups attached to an aromatic ring is 1. The Kier molecular flexibility index (Phi) is 2.96. The van der Waals surface area contributed by atoms with Crippen LogP contribution in [0.3, 0.4) is 0 Å². The third-order valence-electron chi connectivity index (χ3n) is 3.25. The number of rotatable bonds is 2. The van der Waals surface area contributed by atoms with Crippen LogP contribution < -0.4 is 11.4 Å². The Hall–Kier alpha value is -2.06. The maximum absolute atomic E-state index is 12.7. The minimum Gasteiger partial charge on any atom is -0.399 e. The van der Waals surface area contributed by atoms with Crippen molar-refractivity contribution in [3.63, 3.8) is 0 Å². The molecular weight excluding hydrogens is 310 g/mol. The SMILES string of the molecule is Cc1ccc(S(=O)(=O)n2c(=O)n(C)c3ccc(N)cc32)s1. The highest BCUT2D eigenvalue weighted by atomic mass is 32.2. The molecule has 0 radical (unpaired) electrons. The fraction of sp³-hybridized carbons (Fsp3) is 0.154. The van der Waals surface area contributed by atoms with Crippen molar-refractivity contribution in [2.75, 3.05) is 5.73 Å². The summed E-state index contributed by atoms with van der Waals surface area (Å²) in [6.45, 7) is 1.81. The standard InChI is InChI=1S/C13H13N3O3S2/c1-8-3-6-12(20-8)21(18,19)16-11-7-9(14)4-5-10(11)15(2)13(16)17/h3-7H,14H2,1-2H3. The van der Waals surface area contributed by atoms with Gasteiger partial charge in [-0.25, -0.2) is 4.79 Å². The van der Waals surface area contributed by atoms with E-state index in [1.54, 1.807) is 18.2 Å². The van der Waals surface area contributed by atoms with E-state index in [1.807, 2.05) is 6.92 Å². The van der Waals surface area contributed by atoms with E-state index in [2.05, 4.69) is 0 Å². The molecule has 2 N–H and O–H groups in total. The zero-order valence-electron chi connectivity index (χ0n) is 11.4. The fourth-order valence-corrected chi connectivity index (χ4v) is 4.98. The van der Waals surface area contributed by atoms with Gasteiger partial charge in [0.05, 0.1) is 11.0 Å². The largest absolute Gasteiger partial charge is 0.399 e. The van der Waals surface area contributed by atoms with Crippen molar-refractivity contribution in [2.45, 2.75) is 11.1 Å². The van der Waals surface area contributed by atoms with Crippen LogP contribution in [0.5, 0.6) is 0 Å². The Morgan fingerprint density at radius 2 is 1.86 bits per heavy atom. The van der Waals surface area contributed by atoms with Crippen molar-refractivity contribution >= 4 is 38.1 Å². The van der Waals surface area contributed by atoms with E-state index in [0.29, 0.717) is 11.2 Å². The number of imidazole rings is 1. The van der Waals surface area contributed by atoms with E-state index >= 15 is 0 Å². The molecule has 0 bridgehead atoms. The minimum absolute atomic E-state index is 0.136. The van der Waals surface area contributed by atoms with E-state index in [-0.39, 0.29) is 9.73 Å². The number of nitrogens with zero attached hydrogens (tertiary/aromatic N) is 2. The fourth-order valence-electron chi connectivity index (χ4n) is 2.20. The first-order valence-corrected chi connectivity index (χ1v) is 8.37. The molecule has 0 saturated heterocycles. The van der Waals surface area contributed by atoms with Crippen molar-refractivity contribution in [1.82, 2.24) is 8.54 Å². The molecule has 0 atom stereocenters. The lowest BCUT2D eigenvalue weighted by Crippen LogP contribution is -2.28. The van der Waals surface area contributed by atoms with Crippen LogP contribution in [0, 0.1) is 6.92 Å². The molecule has 1 aromatic carbocycles. The molecule has 8 heteroatoms. The van der Waals surface area contributed by atoms with Crippen molar-refractivity contribution in [3.05, 3.63) is 45.7 Å². The van der Waals surface area contributed by atoms with E-state index in [9.17, 15) is 13.2 Å². The number of thiophene rings is 1. The number of nitrogens with two attached hydrogens (primary N) is 1. The third kappa shape index (κ3) is 1.98. The maximum Gasteiger partial charge on any atom is 0.343 e. The van der Waals surface area contributed by atoms with Crippen LogP contribution >= 0.6 is 11.3 Å². The monoisotopic (exact) mass is 323 g/mol. The summed E-state index contributed by atoms with van der Waals surface area (Å²) in [6.07, 6.45) is 0. The van der Waals surface area contributed by atoms with Gasteiger partial charge < -0.3 is 5.73 Å². The van der Waals surface area contributed by atoms with Crippen LogP contribution in [0.2, 0.25) is 0 Å². The molecule has 0 aliphatic heterocycles. The van der Waals surface area contributed by atoms with Crippen LogP contribution in [0.15, 0.2) is 39.3 Å². The van der Waals surface area contributed by atoms with Crippen LogP contribution in [-0.4, -0.2) is 17.0 Å². The summed E-state index contributed by atoms with van der Waals surface area (Å²) in [5.41, 5.74) is 6.32. The highest BCUT2D eigenvalue weighted by Crippen LogP contribution is 2.25. The van der Waals surface area contributed by atoms with Gasteiger partial charge in [-0.1, -0.05) is 0 Å². The van der Waals surface area contributed by atoms with Gasteiger partial charge in [-0.2, -0.15) is 12.4 Å². The average Bonchev–Trinajstić information content (AvgIpc) is 2.94. The van der Waals surface area contributed by atoms with Crippen LogP contribution in [-0.2, 0) is 17.1 Å². The quantitative estimate of drug-likeness (QED) is 0.725. The summed E-state index contributed by atoms with van der Waals surface area (Å²) in [4.78, 5) is 13.2. The van der Waals surface area contributed by atoms with Gasteiger partial charge >= 0.3 is 5.69 Å². The molecule has 0 aliphatic rings. The van der Waals surface area contributed by atoms with Gasteiger partial charge in [0.25, 0.3) is 10.0 Å². The predicted molar refractivity (Wildman–Crippen MR) is 83.2 cm³/mol. The third-order valence-corrected chi connectivity index (χ3v) is 6.41. The molecule has 110 valence electrons. The molecule has 0 amide bonds. The smallest absolute Gasteiger partial charge is 0.343 e. The van der Waals surface area contributed by atoms with Gasteiger partial charge in [0, 0.05) is 17.6 Å². The minimum atomic E-state index is -3.93. The van der Waals surface area contributed by atoms with Gasteiger partial charge in [0.1, 0.15) is 4.21 Å². The number of aromatic nitrogens is 2. The lowest BCUT2D eigenvalue weighted by molar-refractivity contribution is 0.588. The van der Waals surface area contributed by atoms with E-state index in [4.69, 9.17) is 5.73 Å². The number of benzene rings is 1. The second-order valence-electron chi connectivity index (χ2n) is 4.72. The van der Waals surface area contributed by atoms with Crippen molar-refractivity contribution < 1.29 is 8.42 Å². The molecule has 3 rings (SSSR count). The Balaban J connectivity index is 2.43. The molecule has 2 aromatic heterocycles. The van der Waals surface area contributed by atoms with Gasteiger partial charge in [-0.3, -0.25) is 4.57 Å². The number of anilines is 1. The van der Waals surface area contributed by atoms with E-state index in [0.717, 1.165) is 20.2 Å². The highest BCUT2D eigenvalue weighted by Gasteiger charge is 2.25. The molecule has 0 aliphatic carbocycles. The molecule has 6 nitrogen and oxygen atoms in total. The first kappa shape index (κ1) is 13.9. The van der Waals surface area contributed by atoms with Crippen molar-refractivity contribution in [1.29, 1.82) is 0 Å². The van der Waals surface area contributed by atoms with Crippen LogP contribution in [0.25, 0.3) is 11.0 Å². The highest BCUT2D eigenvalue weighted by molar-refractivity contribution is 7.92. The summed E-state index contributed by atoms with van der Waals surface area (Å²) in [5.74, 6) is 0. The lowest BCUT2D eigenvalue weighted by atomic mass is 10.3. The van der Waals surface area contributed by atoms with Crippen LogP contribution in [0.4, 0.5) is 5.69 Å². The zero-order valence-corrected chi connectivity index (χ0v) is 13.0.